The second kappa shape index (κ2) is 9.48. The first-order valence-corrected chi connectivity index (χ1v) is 8.50. The molecule has 0 aromatic heterocycles. The van der Waals surface area contributed by atoms with Crippen molar-refractivity contribution in [3.8, 4) is 17.2 Å². The molecular weight excluding hydrogens is 324 g/mol. The number of carbonyl (C=O) groups excluding carboxylic acids is 1. The van der Waals surface area contributed by atoms with Crippen LogP contribution in [0.1, 0.15) is 12.5 Å². The molecule has 140 valence electrons. The molecule has 0 atom stereocenters. The monoisotopic (exact) mass is 352 g/mol. The quantitative estimate of drug-likeness (QED) is 0.655. The smallest absolute Gasteiger partial charge is 0.320 e. The molecule has 1 aromatic carbocycles. The van der Waals surface area contributed by atoms with Crippen molar-refractivity contribution in [1.29, 1.82) is 0 Å². The van der Waals surface area contributed by atoms with Gasteiger partial charge in [-0.15, -0.1) is 0 Å². The minimum absolute atomic E-state index is 0.152. The number of hydrogen-bond donors (Lipinski definition) is 0. The molecule has 1 saturated heterocycles. The molecule has 1 aromatic rings. The van der Waals surface area contributed by atoms with E-state index in [1.165, 1.54) is 0 Å². The average molecular weight is 352 g/mol. The van der Waals surface area contributed by atoms with E-state index in [1.807, 2.05) is 19.1 Å². The lowest BCUT2D eigenvalue weighted by Crippen LogP contribution is -2.47. The Labute approximate surface area is 149 Å². The van der Waals surface area contributed by atoms with Crippen LogP contribution < -0.4 is 14.2 Å². The van der Waals surface area contributed by atoms with Crippen LogP contribution >= 0.6 is 0 Å². The average Bonchev–Trinajstić information content (AvgIpc) is 2.62. The van der Waals surface area contributed by atoms with Crippen LogP contribution in [0.3, 0.4) is 0 Å². The van der Waals surface area contributed by atoms with Crippen molar-refractivity contribution in [2.45, 2.75) is 13.5 Å². The van der Waals surface area contributed by atoms with Gasteiger partial charge in [0.05, 0.1) is 34.5 Å². The lowest BCUT2D eigenvalue weighted by Gasteiger charge is -2.34. The van der Waals surface area contributed by atoms with E-state index in [4.69, 9.17) is 18.9 Å². The predicted octanol–water partition coefficient (Wildman–Crippen LogP) is 1.39. The highest BCUT2D eigenvalue weighted by molar-refractivity contribution is 5.71. The summed E-state index contributed by atoms with van der Waals surface area (Å²) in [5.41, 5.74) is 1.10. The van der Waals surface area contributed by atoms with Crippen LogP contribution in [-0.4, -0.2) is 76.4 Å². The molecule has 1 fully saturated rings. The maximum Gasteiger partial charge on any atom is 0.320 e. The van der Waals surface area contributed by atoms with Gasteiger partial charge in [0.2, 0.25) is 5.75 Å². The Balaban J connectivity index is 1.94. The van der Waals surface area contributed by atoms with Gasteiger partial charge in [0.25, 0.3) is 0 Å². The van der Waals surface area contributed by atoms with E-state index in [2.05, 4.69) is 9.80 Å². The predicted molar refractivity (Wildman–Crippen MR) is 94.4 cm³/mol. The second-order valence-corrected chi connectivity index (χ2v) is 5.89. The summed E-state index contributed by atoms with van der Waals surface area (Å²) in [4.78, 5) is 16.0. The van der Waals surface area contributed by atoms with Gasteiger partial charge in [-0.1, -0.05) is 0 Å². The lowest BCUT2D eigenvalue weighted by molar-refractivity contribution is -0.144. The summed E-state index contributed by atoms with van der Waals surface area (Å²) in [5, 5.41) is 0. The van der Waals surface area contributed by atoms with E-state index in [-0.39, 0.29) is 5.97 Å². The lowest BCUT2D eigenvalue weighted by atomic mass is 10.1. The van der Waals surface area contributed by atoms with Crippen molar-refractivity contribution in [2.75, 3.05) is 60.7 Å². The first-order chi connectivity index (χ1) is 12.1. The van der Waals surface area contributed by atoms with Crippen LogP contribution in [-0.2, 0) is 16.1 Å². The Kier molecular flexibility index (Phi) is 7.33. The summed E-state index contributed by atoms with van der Waals surface area (Å²) < 4.78 is 21.2. The molecule has 0 spiro atoms. The molecule has 1 aliphatic rings. The zero-order chi connectivity index (χ0) is 18.2. The van der Waals surface area contributed by atoms with Crippen molar-refractivity contribution in [3.63, 3.8) is 0 Å². The summed E-state index contributed by atoms with van der Waals surface area (Å²) in [6, 6.07) is 3.96. The first-order valence-electron chi connectivity index (χ1n) is 8.50. The number of ether oxygens (including phenoxy) is 4. The number of hydrogen-bond acceptors (Lipinski definition) is 7. The van der Waals surface area contributed by atoms with Crippen molar-refractivity contribution >= 4 is 5.97 Å². The maximum absolute atomic E-state index is 11.6. The summed E-state index contributed by atoms with van der Waals surface area (Å²) >= 11 is 0. The zero-order valence-corrected chi connectivity index (χ0v) is 15.5. The third kappa shape index (κ3) is 5.24. The molecule has 7 heteroatoms. The fraction of sp³-hybridized carbons (Fsp3) is 0.611. The number of piperazine rings is 1. The Hall–Kier alpha value is -1.99. The number of carbonyl (C=O) groups is 1. The van der Waals surface area contributed by atoms with Crippen LogP contribution in [0.15, 0.2) is 12.1 Å². The normalized spacial score (nSPS) is 15.7. The standard InChI is InChI=1S/C18H28N2O5/c1-5-25-17(21)13-20-8-6-19(7-9-20)12-14-10-15(22-2)18(24-4)16(11-14)23-3/h10-11H,5-9,12-13H2,1-4H3. The van der Waals surface area contributed by atoms with Crippen LogP contribution in [0.2, 0.25) is 0 Å². The van der Waals surface area contributed by atoms with Gasteiger partial charge in [-0.25, -0.2) is 0 Å². The van der Waals surface area contributed by atoms with Crippen molar-refractivity contribution in [3.05, 3.63) is 17.7 Å². The van der Waals surface area contributed by atoms with Crippen molar-refractivity contribution < 1.29 is 23.7 Å². The Morgan fingerprint density at radius 2 is 1.52 bits per heavy atom. The summed E-state index contributed by atoms with van der Waals surface area (Å²) in [6.45, 7) is 6.92. The first kappa shape index (κ1) is 19.3. The van der Waals surface area contributed by atoms with Gasteiger partial charge >= 0.3 is 5.97 Å². The number of benzene rings is 1. The highest BCUT2D eigenvalue weighted by Gasteiger charge is 2.21. The molecule has 2 rings (SSSR count). The van der Waals surface area contributed by atoms with Crippen molar-refractivity contribution in [1.82, 2.24) is 9.80 Å². The molecule has 0 aliphatic carbocycles. The zero-order valence-electron chi connectivity index (χ0n) is 15.5. The minimum atomic E-state index is -0.152. The molecule has 7 nitrogen and oxygen atoms in total. The molecule has 25 heavy (non-hydrogen) atoms. The van der Waals surface area contributed by atoms with E-state index in [1.54, 1.807) is 21.3 Å². The molecule has 0 N–H and O–H groups in total. The Bertz CT molecular complexity index is 546. The van der Waals surface area contributed by atoms with Gasteiger partial charge in [-0.3, -0.25) is 14.6 Å². The van der Waals surface area contributed by atoms with Crippen LogP contribution in [0.25, 0.3) is 0 Å². The van der Waals surface area contributed by atoms with Crippen LogP contribution in [0, 0.1) is 0 Å². The number of methoxy groups -OCH3 is 3. The highest BCUT2D eigenvalue weighted by atomic mass is 16.5. The van der Waals surface area contributed by atoms with Gasteiger partial charge in [0.15, 0.2) is 11.5 Å². The topological polar surface area (TPSA) is 60.5 Å². The second-order valence-electron chi connectivity index (χ2n) is 5.89. The van der Waals surface area contributed by atoms with E-state index in [0.29, 0.717) is 30.4 Å². The van der Waals surface area contributed by atoms with Gasteiger partial charge in [0, 0.05) is 32.7 Å². The molecule has 0 bridgehead atoms. The molecule has 1 heterocycles. The van der Waals surface area contributed by atoms with E-state index in [0.717, 1.165) is 38.3 Å². The fourth-order valence-corrected chi connectivity index (χ4v) is 2.98. The van der Waals surface area contributed by atoms with E-state index >= 15 is 0 Å². The number of rotatable bonds is 8. The van der Waals surface area contributed by atoms with Gasteiger partial charge in [-0.05, 0) is 24.6 Å². The van der Waals surface area contributed by atoms with E-state index in [9.17, 15) is 4.79 Å². The largest absolute Gasteiger partial charge is 0.493 e. The molecule has 0 radical (unpaired) electrons. The van der Waals surface area contributed by atoms with Gasteiger partial charge in [-0.2, -0.15) is 0 Å². The Morgan fingerprint density at radius 3 is 2.00 bits per heavy atom. The fourth-order valence-electron chi connectivity index (χ4n) is 2.98. The summed E-state index contributed by atoms with van der Waals surface area (Å²) in [7, 11) is 4.84. The van der Waals surface area contributed by atoms with E-state index < -0.39 is 0 Å². The van der Waals surface area contributed by atoms with Crippen LogP contribution in [0.5, 0.6) is 17.2 Å². The van der Waals surface area contributed by atoms with Gasteiger partial charge in [0.1, 0.15) is 0 Å². The highest BCUT2D eigenvalue weighted by Crippen LogP contribution is 2.38. The molecular formula is C18H28N2O5. The number of nitrogens with zero attached hydrogens (tertiary/aromatic N) is 2. The molecule has 0 amide bonds. The third-order valence-corrected chi connectivity index (χ3v) is 4.25. The molecule has 0 unspecified atom stereocenters. The summed E-state index contributed by atoms with van der Waals surface area (Å²) in [6.07, 6.45) is 0. The molecule has 0 saturated carbocycles. The Morgan fingerprint density at radius 1 is 0.960 bits per heavy atom. The SMILES string of the molecule is CCOC(=O)CN1CCN(Cc2cc(OC)c(OC)c(OC)c2)CC1. The maximum atomic E-state index is 11.6. The van der Waals surface area contributed by atoms with Gasteiger partial charge < -0.3 is 18.9 Å². The number of esters is 1. The molecule has 1 aliphatic heterocycles. The summed E-state index contributed by atoms with van der Waals surface area (Å²) in [5.74, 6) is 1.78. The van der Waals surface area contributed by atoms with Crippen LogP contribution in [0.4, 0.5) is 0 Å². The minimum Gasteiger partial charge on any atom is -0.493 e. The third-order valence-electron chi connectivity index (χ3n) is 4.25. The van der Waals surface area contributed by atoms with Crippen molar-refractivity contribution in [2.24, 2.45) is 0 Å².